The molecule has 1 fully saturated rings. The minimum absolute atomic E-state index is 0.163. The van der Waals surface area contributed by atoms with E-state index in [1.807, 2.05) is 19.1 Å². The van der Waals surface area contributed by atoms with Gasteiger partial charge in [-0.2, -0.15) is 0 Å². The molecule has 2 amide bonds. The van der Waals surface area contributed by atoms with Crippen LogP contribution in [0.25, 0.3) is 0 Å². The Morgan fingerprint density at radius 2 is 2.04 bits per heavy atom. The van der Waals surface area contributed by atoms with E-state index in [1.54, 1.807) is 12.1 Å². The van der Waals surface area contributed by atoms with Crippen molar-refractivity contribution in [1.82, 2.24) is 5.32 Å². The van der Waals surface area contributed by atoms with Crippen LogP contribution in [0.2, 0.25) is 0 Å². The molecule has 1 aromatic carbocycles. The largest absolute Gasteiger partial charge is 0.454 e. The van der Waals surface area contributed by atoms with Gasteiger partial charge < -0.3 is 15.8 Å². The van der Waals surface area contributed by atoms with Crippen LogP contribution in [0.3, 0.4) is 0 Å². The molecule has 2 rings (SSSR count). The van der Waals surface area contributed by atoms with Crippen LogP contribution in [0.15, 0.2) is 29.2 Å². The van der Waals surface area contributed by atoms with Crippen molar-refractivity contribution < 1.29 is 19.1 Å². The van der Waals surface area contributed by atoms with Gasteiger partial charge in [0.25, 0.3) is 5.91 Å². The molecule has 1 aromatic rings. The molecule has 25 heavy (non-hydrogen) atoms. The molecule has 0 radical (unpaired) electrons. The van der Waals surface area contributed by atoms with Crippen LogP contribution in [-0.2, 0) is 14.3 Å². The number of primary amides is 1. The van der Waals surface area contributed by atoms with Crippen LogP contribution >= 0.6 is 11.8 Å². The molecule has 1 aliphatic carbocycles. The van der Waals surface area contributed by atoms with Gasteiger partial charge in [-0.3, -0.25) is 14.4 Å². The highest BCUT2D eigenvalue weighted by Gasteiger charge is 2.33. The van der Waals surface area contributed by atoms with E-state index in [4.69, 9.17) is 10.5 Å². The van der Waals surface area contributed by atoms with E-state index in [-0.39, 0.29) is 35.7 Å². The fraction of sp³-hybridized carbons (Fsp3) is 0.500. The third kappa shape index (κ3) is 5.49. The summed E-state index contributed by atoms with van der Waals surface area (Å²) >= 11 is 1.30. The smallest absolute Gasteiger partial charge is 0.306 e. The van der Waals surface area contributed by atoms with Gasteiger partial charge in [-0.15, -0.1) is 0 Å². The number of ether oxygens (including phenoxy) is 1. The Bertz CT molecular complexity index is 635. The SMILES string of the molecule is CCCC(=O)OCSc1ccccc1C(=O)N[C@@H]1CCC[C@H]1C(N)=O. The zero-order valence-electron chi connectivity index (χ0n) is 14.3. The predicted octanol–water partition coefficient (Wildman–Crippen LogP) is 2.46. The van der Waals surface area contributed by atoms with E-state index < -0.39 is 0 Å². The zero-order chi connectivity index (χ0) is 18.2. The number of esters is 1. The number of thioether (sulfide) groups is 1. The first kappa shape index (κ1) is 19.3. The average molecular weight is 364 g/mol. The second kappa shape index (κ2) is 9.46. The Morgan fingerprint density at radius 1 is 1.28 bits per heavy atom. The third-order valence-corrected chi connectivity index (χ3v) is 5.12. The maximum Gasteiger partial charge on any atom is 0.306 e. The maximum absolute atomic E-state index is 12.6. The van der Waals surface area contributed by atoms with Gasteiger partial charge >= 0.3 is 5.97 Å². The summed E-state index contributed by atoms with van der Waals surface area (Å²) in [4.78, 5) is 36.2. The molecule has 1 saturated carbocycles. The lowest BCUT2D eigenvalue weighted by Crippen LogP contribution is -2.42. The number of carbonyl (C=O) groups excluding carboxylic acids is 3. The summed E-state index contributed by atoms with van der Waals surface area (Å²) in [5.74, 6) is -0.989. The first-order valence-corrected chi connectivity index (χ1v) is 9.49. The predicted molar refractivity (Wildman–Crippen MR) is 96.0 cm³/mol. The second-order valence-corrected chi connectivity index (χ2v) is 7.01. The summed E-state index contributed by atoms with van der Waals surface area (Å²) in [7, 11) is 0. The van der Waals surface area contributed by atoms with Gasteiger partial charge in [0, 0.05) is 17.4 Å². The van der Waals surface area contributed by atoms with E-state index in [1.165, 1.54) is 11.8 Å². The van der Waals surface area contributed by atoms with Gasteiger partial charge in [0.15, 0.2) is 0 Å². The number of benzene rings is 1. The van der Waals surface area contributed by atoms with Crippen molar-refractivity contribution in [3.8, 4) is 0 Å². The summed E-state index contributed by atoms with van der Waals surface area (Å²) < 4.78 is 5.13. The van der Waals surface area contributed by atoms with Crippen LogP contribution in [0.5, 0.6) is 0 Å². The van der Waals surface area contributed by atoms with E-state index >= 15 is 0 Å². The number of amides is 2. The highest BCUT2D eigenvalue weighted by molar-refractivity contribution is 7.99. The molecular formula is C18H24N2O4S. The number of carbonyl (C=O) groups is 3. The summed E-state index contributed by atoms with van der Waals surface area (Å²) in [6, 6.07) is 6.93. The molecule has 1 aliphatic rings. The summed E-state index contributed by atoms with van der Waals surface area (Å²) in [6.45, 7) is 1.91. The van der Waals surface area contributed by atoms with Crippen molar-refractivity contribution >= 4 is 29.5 Å². The Labute approximate surface area is 151 Å². The highest BCUT2D eigenvalue weighted by atomic mass is 32.2. The quantitative estimate of drug-likeness (QED) is 0.419. The average Bonchev–Trinajstić information content (AvgIpc) is 3.04. The fourth-order valence-corrected chi connectivity index (χ4v) is 3.74. The number of nitrogens with two attached hydrogens (primary N) is 1. The van der Waals surface area contributed by atoms with Gasteiger partial charge in [-0.25, -0.2) is 0 Å². The first-order valence-electron chi connectivity index (χ1n) is 8.50. The Hall–Kier alpha value is -2.02. The number of nitrogens with one attached hydrogen (secondary N) is 1. The molecular weight excluding hydrogens is 340 g/mol. The van der Waals surface area contributed by atoms with Gasteiger partial charge in [0.05, 0.1) is 11.5 Å². The van der Waals surface area contributed by atoms with Crippen LogP contribution < -0.4 is 11.1 Å². The molecule has 6 nitrogen and oxygen atoms in total. The standard InChI is InChI=1S/C18H24N2O4S/c1-2-6-16(21)24-11-25-15-10-4-3-7-13(15)18(23)20-14-9-5-8-12(14)17(19)22/h3-4,7,10,12,14H,2,5-6,8-9,11H2,1H3,(H2,19,22)(H,20,23)/t12-,14-/m1/s1. The third-order valence-electron chi connectivity index (χ3n) is 4.22. The fourth-order valence-electron chi connectivity index (χ4n) is 2.93. The van der Waals surface area contributed by atoms with E-state index in [9.17, 15) is 14.4 Å². The minimum Gasteiger partial charge on any atom is -0.454 e. The van der Waals surface area contributed by atoms with Gasteiger partial charge in [-0.1, -0.05) is 37.2 Å². The van der Waals surface area contributed by atoms with Crippen LogP contribution in [0.4, 0.5) is 0 Å². The molecule has 3 N–H and O–H groups in total. The summed E-state index contributed by atoms with van der Waals surface area (Å²) in [5, 5.41) is 2.93. The highest BCUT2D eigenvalue weighted by Crippen LogP contribution is 2.27. The van der Waals surface area contributed by atoms with Crippen molar-refractivity contribution in [2.75, 3.05) is 5.94 Å². The second-order valence-electron chi connectivity index (χ2n) is 6.04. The van der Waals surface area contributed by atoms with Gasteiger partial charge in [0.2, 0.25) is 5.91 Å². The Morgan fingerprint density at radius 3 is 2.76 bits per heavy atom. The molecule has 0 spiro atoms. The molecule has 0 heterocycles. The van der Waals surface area contributed by atoms with Crippen molar-refractivity contribution in [2.24, 2.45) is 11.7 Å². The van der Waals surface area contributed by atoms with Crippen LogP contribution in [0.1, 0.15) is 49.4 Å². The molecule has 0 aromatic heterocycles. The van der Waals surface area contributed by atoms with E-state index in [2.05, 4.69) is 5.32 Å². The van der Waals surface area contributed by atoms with E-state index in [0.29, 0.717) is 18.4 Å². The number of hydrogen-bond acceptors (Lipinski definition) is 5. The molecule has 136 valence electrons. The first-order chi connectivity index (χ1) is 12.0. The van der Waals surface area contributed by atoms with Crippen molar-refractivity contribution in [2.45, 2.75) is 50.0 Å². The summed E-state index contributed by atoms with van der Waals surface area (Å²) in [5.41, 5.74) is 5.92. The molecule has 0 bridgehead atoms. The Kier molecular flexibility index (Phi) is 7.31. The maximum atomic E-state index is 12.6. The lowest BCUT2D eigenvalue weighted by molar-refractivity contribution is -0.141. The molecule has 0 unspecified atom stereocenters. The molecule has 0 aliphatic heterocycles. The number of rotatable bonds is 8. The summed E-state index contributed by atoms with van der Waals surface area (Å²) in [6.07, 6.45) is 3.47. The number of hydrogen-bond donors (Lipinski definition) is 2. The van der Waals surface area contributed by atoms with Crippen molar-refractivity contribution in [1.29, 1.82) is 0 Å². The topological polar surface area (TPSA) is 98.5 Å². The molecule has 0 saturated heterocycles. The van der Waals surface area contributed by atoms with Gasteiger partial charge in [0.1, 0.15) is 5.94 Å². The van der Waals surface area contributed by atoms with Crippen LogP contribution in [0, 0.1) is 5.92 Å². The Balaban J connectivity index is 1.98. The molecule has 2 atom stereocenters. The lowest BCUT2D eigenvalue weighted by atomic mass is 10.0. The molecule has 7 heteroatoms. The van der Waals surface area contributed by atoms with Crippen LogP contribution in [-0.4, -0.2) is 29.8 Å². The van der Waals surface area contributed by atoms with Crippen molar-refractivity contribution in [3.63, 3.8) is 0 Å². The minimum atomic E-state index is -0.367. The lowest BCUT2D eigenvalue weighted by Gasteiger charge is -2.19. The van der Waals surface area contributed by atoms with Crippen molar-refractivity contribution in [3.05, 3.63) is 29.8 Å². The monoisotopic (exact) mass is 364 g/mol. The zero-order valence-corrected chi connectivity index (χ0v) is 15.1. The normalized spacial score (nSPS) is 19.4. The van der Waals surface area contributed by atoms with E-state index in [0.717, 1.165) is 24.2 Å². The van der Waals surface area contributed by atoms with Gasteiger partial charge in [-0.05, 0) is 31.4 Å².